The second-order valence-electron chi connectivity index (χ2n) is 25.0. The first-order chi connectivity index (χ1) is 39.6. The molecular formula is C77H136N2Ni. The molecule has 0 fully saturated rings. The molecule has 0 saturated carbocycles. The first-order valence-electron chi connectivity index (χ1n) is 36.1. The molecule has 0 aromatic heterocycles. The summed E-state index contributed by atoms with van der Waals surface area (Å²) in [5, 5.41) is 2.87. The van der Waals surface area contributed by atoms with Crippen molar-refractivity contribution in [1.29, 1.82) is 0 Å². The van der Waals surface area contributed by atoms with Crippen LogP contribution in [0.3, 0.4) is 0 Å². The number of hydrogen-bond donors (Lipinski definition) is 0. The Kier molecular flexibility index (Phi) is 52.0. The van der Waals surface area contributed by atoms with Gasteiger partial charge < -0.3 is 5.53 Å². The molecule has 80 heavy (non-hydrogen) atoms. The fourth-order valence-electron chi connectivity index (χ4n) is 12.1. The Balaban J connectivity index is 0.000000551. The van der Waals surface area contributed by atoms with E-state index < -0.39 is 0 Å². The molecule has 0 atom stereocenters. The van der Waals surface area contributed by atoms with Gasteiger partial charge in [-0.1, -0.05) is 213 Å². The average molecular weight is 1150 g/mol. The number of allylic oxidation sites excluding steroid dienone is 2. The quantitative estimate of drug-likeness (QED) is 0.0358. The summed E-state index contributed by atoms with van der Waals surface area (Å²) in [7, 11) is 0. The van der Waals surface area contributed by atoms with Gasteiger partial charge in [-0.15, -0.1) is 0 Å². The van der Waals surface area contributed by atoms with Crippen molar-refractivity contribution < 1.29 is 19.1 Å². The van der Waals surface area contributed by atoms with Gasteiger partial charge in [0, 0.05) is 22.3 Å². The van der Waals surface area contributed by atoms with Gasteiger partial charge in [0.25, 0.3) is 0 Å². The summed E-state index contributed by atoms with van der Waals surface area (Å²) in [6, 6.07) is 17.9. The van der Waals surface area contributed by atoms with E-state index in [0.717, 1.165) is 48.2 Å². The molecular weight excluding hydrogens is 1010 g/mol. The molecule has 1 aliphatic heterocycles. The molecule has 2 nitrogen and oxygen atoms in total. The second-order valence-corrected chi connectivity index (χ2v) is 26.5. The zero-order chi connectivity index (χ0) is 57.5. The fourth-order valence-corrected chi connectivity index (χ4v) is 13.4. The number of unbranched alkanes of at least 4 members (excludes halogenated alkanes) is 43. The molecule has 2 aromatic carbocycles. The monoisotopic (exact) mass is 1150 g/mol. The number of benzene rings is 2. The number of rotatable bonds is 57. The molecule has 0 amide bonds. The zero-order valence-corrected chi connectivity index (χ0v) is 55.7. The second kappa shape index (κ2) is 56.2. The Morgan fingerprint density at radius 2 is 0.512 bits per heavy atom. The van der Waals surface area contributed by atoms with Gasteiger partial charge in [-0.25, -0.2) is 4.70 Å². The van der Waals surface area contributed by atoms with Crippen molar-refractivity contribution in [3.63, 3.8) is 0 Å². The molecule has 464 valence electrons. The minimum atomic E-state index is 1.02. The molecule has 3 heteroatoms. The third-order valence-corrected chi connectivity index (χ3v) is 18.8. The fraction of sp³-hybridized carbons (Fsp3) is 0.792. The van der Waals surface area contributed by atoms with E-state index in [9.17, 15) is 5.53 Å². The Labute approximate surface area is 507 Å². The van der Waals surface area contributed by atoms with E-state index in [-0.39, 0.29) is 0 Å². The van der Waals surface area contributed by atoms with Gasteiger partial charge in [-0.3, -0.25) is 0 Å². The standard InChI is InChI=1S/C35H50N2.2C21H43.Ni/c1-5-9-13-15-25-33-32(24-14-10-6-2)34(30-22-16-20-28(26-30)18-11-7-3)37(36)35(33)31-23-17-21-29(27-31)19-12-8-4;2*1-3-5-7-9-11-13-15-17-19-21-20-18-16-14-12-10-8-6-4-2;/h16-17,20-23,26-27H,5-15,18-19,24-25H2,1-4H3;2*1,3-21H2,2H3;. The Morgan fingerprint density at radius 3 is 0.800 bits per heavy atom. The topological polar surface area (TPSA) is 25.3 Å². The third-order valence-electron chi connectivity index (χ3n) is 17.4. The molecule has 0 unspecified atom stereocenters. The van der Waals surface area contributed by atoms with Crippen LogP contribution in [0.15, 0.2) is 59.7 Å². The van der Waals surface area contributed by atoms with Gasteiger partial charge in [0.2, 0.25) is 11.4 Å². The maximum atomic E-state index is 11.9. The van der Waals surface area contributed by atoms with E-state index in [1.807, 2.05) is 14.4 Å². The molecule has 1 aliphatic rings. The van der Waals surface area contributed by atoms with Crippen LogP contribution in [0.5, 0.6) is 0 Å². The van der Waals surface area contributed by atoms with Crippen molar-refractivity contribution in [2.24, 2.45) is 0 Å². The van der Waals surface area contributed by atoms with E-state index in [1.165, 1.54) is 348 Å². The Morgan fingerprint density at radius 1 is 0.275 bits per heavy atom. The summed E-state index contributed by atoms with van der Waals surface area (Å²) in [5.41, 5.74) is 21.7. The van der Waals surface area contributed by atoms with E-state index in [2.05, 4.69) is 90.1 Å². The molecule has 0 aliphatic carbocycles. The van der Waals surface area contributed by atoms with Crippen LogP contribution in [0, 0.1) is 0 Å². The Hall–Kier alpha value is -1.99. The molecule has 0 bridgehead atoms. The predicted octanol–water partition coefficient (Wildman–Crippen LogP) is 27.9. The van der Waals surface area contributed by atoms with Crippen molar-refractivity contribution in [3.8, 4) is 0 Å². The van der Waals surface area contributed by atoms with Crippen molar-refractivity contribution in [3.05, 3.63) is 87.5 Å². The van der Waals surface area contributed by atoms with Gasteiger partial charge in [-0.2, -0.15) is 0 Å². The summed E-state index contributed by atoms with van der Waals surface area (Å²) in [6.45, 7) is 13.7. The van der Waals surface area contributed by atoms with E-state index >= 15 is 0 Å². The number of hydrogen-bond acceptors (Lipinski definition) is 0. The van der Waals surface area contributed by atoms with Crippen LogP contribution in [-0.4, -0.2) is 4.70 Å². The first kappa shape index (κ1) is 74.1. The normalized spacial score (nSPS) is 12.7. The van der Waals surface area contributed by atoms with E-state index in [1.54, 1.807) is 4.70 Å². The van der Waals surface area contributed by atoms with Crippen molar-refractivity contribution in [1.82, 2.24) is 0 Å². The summed E-state index contributed by atoms with van der Waals surface area (Å²) < 4.78 is 1.56. The summed E-state index contributed by atoms with van der Waals surface area (Å²) in [5.74, 6) is 0. The molecule has 0 saturated heterocycles. The number of nitrogens with zero attached hydrogens (tertiary/aromatic N) is 2. The van der Waals surface area contributed by atoms with Crippen LogP contribution in [0.4, 0.5) is 0 Å². The molecule has 0 spiro atoms. The Bertz CT molecular complexity index is 1710. The van der Waals surface area contributed by atoms with Crippen LogP contribution in [0.2, 0.25) is 10.8 Å². The molecule has 2 aromatic rings. The summed E-state index contributed by atoms with van der Waals surface area (Å²) in [4.78, 5) is 0. The van der Waals surface area contributed by atoms with Crippen LogP contribution < -0.4 is 0 Å². The molecule has 0 N–H and O–H groups in total. The SMILES string of the molecule is CCCCCCC1=C(c2cccc(CCCC)c2)[N+](=[N-])C(c2cccc(CCCC)c2)=C1CCCCC.CCCCCCCCCCCCCCCCCCCC[CH2][Ni][CH2]CCCCCCCCCCCCCCCCCCCC. The molecule has 3 rings (SSSR count). The minimum Gasteiger partial charge on any atom is -0.0654 e. The summed E-state index contributed by atoms with van der Waals surface area (Å²) in [6.07, 6.45) is 73.8. The van der Waals surface area contributed by atoms with Crippen molar-refractivity contribution in [2.75, 3.05) is 0 Å². The van der Waals surface area contributed by atoms with Crippen LogP contribution in [0.1, 0.15) is 391 Å². The van der Waals surface area contributed by atoms with Gasteiger partial charge in [0.15, 0.2) is 0 Å². The van der Waals surface area contributed by atoms with E-state index in [4.69, 9.17) is 0 Å². The summed E-state index contributed by atoms with van der Waals surface area (Å²) >= 11 is 2.05. The van der Waals surface area contributed by atoms with Crippen LogP contribution in [-0.2, 0) is 27.3 Å². The van der Waals surface area contributed by atoms with Gasteiger partial charge in [0.1, 0.15) is 0 Å². The zero-order valence-electron chi connectivity index (χ0n) is 54.7. The smallest absolute Gasteiger partial charge is 0.0654 e. The van der Waals surface area contributed by atoms with Gasteiger partial charge >= 0.3 is 166 Å². The maximum absolute atomic E-state index is 11.9. The average Bonchev–Trinajstić information content (AvgIpc) is 3.96. The third kappa shape index (κ3) is 38.8. The van der Waals surface area contributed by atoms with Crippen LogP contribution >= 0.6 is 0 Å². The van der Waals surface area contributed by atoms with Crippen molar-refractivity contribution >= 4 is 11.4 Å². The van der Waals surface area contributed by atoms with Gasteiger partial charge in [0.05, 0.1) is 0 Å². The first-order valence-corrected chi connectivity index (χ1v) is 37.5. The number of aryl methyl sites for hydroxylation is 2. The van der Waals surface area contributed by atoms with Crippen molar-refractivity contribution in [2.45, 2.75) is 393 Å². The molecule has 1 heterocycles. The molecule has 0 radical (unpaired) electrons. The minimum absolute atomic E-state index is 1.02. The van der Waals surface area contributed by atoms with Crippen LogP contribution in [0.25, 0.3) is 16.9 Å². The van der Waals surface area contributed by atoms with E-state index in [0.29, 0.717) is 0 Å². The van der Waals surface area contributed by atoms with Gasteiger partial charge in [-0.05, 0) is 86.8 Å². The predicted molar refractivity (Wildman–Crippen MR) is 357 cm³/mol.